The van der Waals surface area contributed by atoms with Crippen LogP contribution >= 0.6 is 15.9 Å². The van der Waals surface area contributed by atoms with Crippen molar-refractivity contribution in [2.24, 2.45) is 0 Å². The number of nitrogens with one attached hydrogen (secondary N) is 2. The number of hydrogen-bond donors (Lipinski definition) is 4. The minimum Gasteiger partial charge on any atom is -0.395 e. The monoisotopic (exact) mass is 418 g/mol. The fourth-order valence-electron chi connectivity index (χ4n) is 2.10. The first kappa shape index (κ1) is 19.8. The van der Waals surface area contributed by atoms with Crippen molar-refractivity contribution in [2.45, 2.75) is 6.61 Å². The highest BCUT2D eigenvalue weighted by Crippen LogP contribution is 2.13. The first-order valence-electron chi connectivity index (χ1n) is 7.91. The zero-order chi connectivity index (χ0) is 18.9. The topological polar surface area (TPSA) is 98.7 Å². The Morgan fingerprint density at radius 1 is 1.00 bits per heavy atom. The molecule has 7 heteroatoms. The lowest BCUT2D eigenvalue weighted by Crippen LogP contribution is -2.36. The van der Waals surface area contributed by atoms with Crippen LogP contribution in [-0.4, -0.2) is 35.2 Å². The molecule has 0 aliphatic heterocycles. The summed E-state index contributed by atoms with van der Waals surface area (Å²) in [7, 11) is 0. The second kappa shape index (κ2) is 9.86. The van der Waals surface area contributed by atoms with E-state index in [1.807, 2.05) is 12.1 Å². The normalized spacial score (nSPS) is 11.1. The van der Waals surface area contributed by atoms with E-state index in [0.717, 1.165) is 10.0 Å². The zero-order valence-electron chi connectivity index (χ0n) is 13.9. The van der Waals surface area contributed by atoms with E-state index in [1.54, 1.807) is 42.5 Å². The Hall–Kier alpha value is -2.48. The number of benzene rings is 2. The summed E-state index contributed by atoms with van der Waals surface area (Å²) in [6.45, 7) is -0.231. The van der Waals surface area contributed by atoms with Crippen LogP contribution in [0.3, 0.4) is 0 Å². The largest absolute Gasteiger partial charge is 0.395 e. The molecule has 0 saturated carbocycles. The highest BCUT2D eigenvalue weighted by molar-refractivity contribution is 9.10. The molecule has 0 saturated heterocycles. The van der Waals surface area contributed by atoms with Gasteiger partial charge in [-0.15, -0.1) is 0 Å². The van der Waals surface area contributed by atoms with E-state index in [9.17, 15) is 9.59 Å². The Balaban J connectivity index is 2.23. The van der Waals surface area contributed by atoms with Gasteiger partial charge < -0.3 is 20.8 Å². The Morgan fingerprint density at radius 2 is 1.65 bits per heavy atom. The fraction of sp³-hybridized carbons (Fsp3) is 0.158. The molecule has 0 aliphatic carbocycles. The van der Waals surface area contributed by atoms with E-state index in [2.05, 4.69) is 26.6 Å². The standard InChI is InChI=1S/C19H19BrN2O4/c20-16-7-3-13(4-8-16)11-17(19(26)21-9-10-23)22-18(25)15-5-1-14(12-24)2-6-15/h1-8,11,23-24H,9-10,12H2,(H,21,26)(H,22,25)/b17-11-. The fourth-order valence-corrected chi connectivity index (χ4v) is 2.37. The van der Waals surface area contributed by atoms with Gasteiger partial charge in [-0.3, -0.25) is 9.59 Å². The maximum Gasteiger partial charge on any atom is 0.267 e. The van der Waals surface area contributed by atoms with E-state index in [0.29, 0.717) is 11.1 Å². The average molecular weight is 419 g/mol. The smallest absolute Gasteiger partial charge is 0.267 e. The molecule has 6 nitrogen and oxygen atoms in total. The predicted molar refractivity (Wildman–Crippen MR) is 102 cm³/mol. The number of aliphatic hydroxyl groups is 2. The molecular formula is C19H19BrN2O4. The van der Waals surface area contributed by atoms with Crippen LogP contribution in [0.4, 0.5) is 0 Å². The van der Waals surface area contributed by atoms with Crippen LogP contribution in [0.1, 0.15) is 21.5 Å². The predicted octanol–water partition coefficient (Wildman–Crippen LogP) is 1.82. The van der Waals surface area contributed by atoms with Gasteiger partial charge in [0.2, 0.25) is 0 Å². The van der Waals surface area contributed by atoms with Gasteiger partial charge in [0, 0.05) is 16.6 Å². The maximum atomic E-state index is 12.4. The van der Waals surface area contributed by atoms with E-state index >= 15 is 0 Å². The van der Waals surface area contributed by atoms with Crippen LogP contribution in [0.15, 0.2) is 58.7 Å². The first-order valence-corrected chi connectivity index (χ1v) is 8.70. The van der Waals surface area contributed by atoms with Gasteiger partial charge >= 0.3 is 0 Å². The molecule has 2 amide bonds. The van der Waals surface area contributed by atoms with Crippen molar-refractivity contribution in [3.05, 3.63) is 75.4 Å². The first-order chi connectivity index (χ1) is 12.5. The summed E-state index contributed by atoms with van der Waals surface area (Å²) in [4.78, 5) is 24.7. The molecule has 0 bridgehead atoms. The summed E-state index contributed by atoms with van der Waals surface area (Å²) in [5, 5.41) is 23.1. The molecule has 136 valence electrons. The SMILES string of the molecule is O=C(NCCO)/C(=C/c1ccc(Br)cc1)NC(=O)c1ccc(CO)cc1. The summed E-state index contributed by atoms with van der Waals surface area (Å²) >= 11 is 3.34. The number of aliphatic hydroxyl groups excluding tert-OH is 2. The molecule has 0 aromatic heterocycles. The van der Waals surface area contributed by atoms with E-state index in [4.69, 9.17) is 10.2 Å². The molecule has 2 rings (SSSR count). The number of hydrogen-bond acceptors (Lipinski definition) is 4. The van der Waals surface area contributed by atoms with Crippen molar-refractivity contribution in [3.63, 3.8) is 0 Å². The van der Waals surface area contributed by atoms with Crippen molar-refractivity contribution in [3.8, 4) is 0 Å². The molecule has 4 N–H and O–H groups in total. The third-order valence-electron chi connectivity index (χ3n) is 3.47. The third kappa shape index (κ3) is 5.80. The second-order valence-corrected chi connectivity index (χ2v) is 6.31. The molecule has 0 atom stereocenters. The summed E-state index contributed by atoms with van der Waals surface area (Å²) in [5.41, 5.74) is 1.85. The van der Waals surface area contributed by atoms with Crippen molar-refractivity contribution in [1.29, 1.82) is 0 Å². The number of amides is 2. The van der Waals surface area contributed by atoms with Gasteiger partial charge in [0.25, 0.3) is 11.8 Å². The Bertz CT molecular complexity index is 786. The molecular weight excluding hydrogens is 400 g/mol. The summed E-state index contributed by atoms with van der Waals surface area (Å²) < 4.78 is 0.897. The average Bonchev–Trinajstić information content (AvgIpc) is 2.67. The second-order valence-electron chi connectivity index (χ2n) is 5.40. The number of rotatable bonds is 7. The van der Waals surface area contributed by atoms with Gasteiger partial charge in [-0.05, 0) is 41.5 Å². The van der Waals surface area contributed by atoms with Gasteiger partial charge in [0.15, 0.2) is 0 Å². The third-order valence-corrected chi connectivity index (χ3v) is 4.00. The van der Waals surface area contributed by atoms with E-state index < -0.39 is 11.8 Å². The summed E-state index contributed by atoms with van der Waals surface area (Å²) in [6, 6.07) is 13.7. The lowest BCUT2D eigenvalue weighted by Gasteiger charge is -2.11. The Labute approximate surface area is 159 Å². The number of halogens is 1. The van der Waals surface area contributed by atoms with Gasteiger partial charge in [0.1, 0.15) is 5.70 Å². The molecule has 0 unspecified atom stereocenters. The quantitative estimate of drug-likeness (QED) is 0.515. The van der Waals surface area contributed by atoms with Crippen molar-refractivity contribution < 1.29 is 19.8 Å². The molecule has 0 fully saturated rings. The van der Waals surface area contributed by atoms with Gasteiger partial charge in [-0.1, -0.05) is 40.2 Å². The molecule has 0 radical (unpaired) electrons. The van der Waals surface area contributed by atoms with Crippen molar-refractivity contribution in [2.75, 3.05) is 13.2 Å². The van der Waals surface area contributed by atoms with Gasteiger partial charge in [-0.25, -0.2) is 0 Å². The van der Waals surface area contributed by atoms with Gasteiger partial charge in [0.05, 0.1) is 13.2 Å². The molecule has 2 aromatic rings. The Kier molecular flexibility index (Phi) is 7.53. The van der Waals surface area contributed by atoms with E-state index in [1.165, 1.54) is 0 Å². The minimum atomic E-state index is -0.498. The summed E-state index contributed by atoms with van der Waals surface area (Å²) in [6.07, 6.45) is 1.55. The minimum absolute atomic E-state index is 0.0667. The van der Waals surface area contributed by atoms with Crippen LogP contribution in [0.5, 0.6) is 0 Å². The highest BCUT2D eigenvalue weighted by atomic mass is 79.9. The van der Waals surface area contributed by atoms with Crippen LogP contribution in [0, 0.1) is 0 Å². The Morgan fingerprint density at radius 3 is 2.23 bits per heavy atom. The molecule has 26 heavy (non-hydrogen) atoms. The number of carbonyl (C=O) groups excluding carboxylic acids is 2. The van der Waals surface area contributed by atoms with E-state index in [-0.39, 0.29) is 25.5 Å². The van der Waals surface area contributed by atoms with Crippen LogP contribution < -0.4 is 10.6 Å². The van der Waals surface area contributed by atoms with Crippen LogP contribution in [-0.2, 0) is 11.4 Å². The zero-order valence-corrected chi connectivity index (χ0v) is 15.5. The van der Waals surface area contributed by atoms with Crippen molar-refractivity contribution >= 4 is 33.8 Å². The summed E-state index contributed by atoms with van der Waals surface area (Å²) in [5.74, 6) is -0.945. The maximum absolute atomic E-state index is 12.4. The van der Waals surface area contributed by atoms with Crippen molar-refractivity contribution in [1.82, 2.24) is 10.6 Å². The number of carbonyl (C=O) groups is 2. The molecule has 0 aliphatic rings. The lowest BCUT2D eigenvalue weighted by atomic mass is 10.1. The highest BCUT2D eigenvalue weighted by Gasteiger charge is 2.14. The van der Waals surface area contributed by atoms with Crippen LogP contribution in [0.25, 0.3) is 6.08 Å². The molecule has 0 spiro atoms. The van der Waals surface area contributed by atoms with Crippen LogP contribution in [0.2, 0.25) is 0 Å². The van der Waals surface area contributed by atoms with Gasteiger partial charge in [-0.2, -0.15) is 0 Å². The molecule has 2 aromatic carbocycles. The molecule has 0 heterocycles. The lowest BCUT2D eigenvalue weighted by molar-refractivity contribution is -0.117.